The quantitative estimate of drug-likeness (QED) is 0.617. The number of aromatic nitrogens is 1. The molecule has 1 aromatic carbocycles. The van der Waals surface area contributed by atoms with Crippen LogP contribution in [0.3, 0.4) is 0 Å². The number of hydrogen-bond donors (Lipinski definition) is 1. The lowest BCUT2D eigenvalue weighted by atomic mass is 10.1. The Hall–Kier alpha value is -2.44. The highest BCUT2D eigenvalue weighted by atomic mass is 32.1. The highest BCUT2D eigenvalue weighted by molar-refractivity contribution is 7.13. The van der Waals surface area contributed by atoms with Gasteiger partial charge in [-0.1, -0.05) is 41.6 Å². The molecule has 1 N–H and O–H groups in total. The van der Waals surface area contributed by atoms with Crippen LogP contribution in [0.5, 0.6) is 0 Å². The molecule has 0 bridgehead atoms. The summed E-state index contributed by atoms with van der Waals surface area (Å²) in [4.78, 5) is 13.0. The molecule has 1 atom stereocenters. The lowest BCUT2D eigenvalue weighted by Gasteiger charge is -2.13. The number of aryl methyl sites for hydroxylation is 1. The second kappa shape index (κ2) is 9.31. The number of nitrogens with zero attached hydrogens (tertiary/aromatic N) is 1. The summed E-state index contributed by atoms with van der Waals surface area (Å²) in [7, 11) is 0. The molecule has 0 aliphatic heterocycles. The fourth-order valence-corrected chi connectivity index (χ4v) is 3.25. The Bertz CT molecular complexity index is 800. The Labute approximate surface area is 157 Å². The summed E-state index contributed by atoms with van der Waals surface area (Å²) in [6.45, 7) is 2.27. The van der Waals surface area contributed by atoms with Gasteiger partial charge in [-0.05, 0) is 36.8 Å². The van der Waals surface area contributed by atoms with Crippen molar-refractivity contribution in [1.82, 2.24) is 10.5 Å². The molecular weight excluding hydrogens is 348 g/mol. The van der Waals surface area contributed by atoms with Crippen molar-refractivity contribution in [2.45, 2.75) is 32.4 Å². The highest BCUT2D eigenvalue weighted by Gasteiger charge is 2.10. The first kappa shape index (κ1) is 18.4. The lowest BCUT2D eigenvalue weighted by molar-refractivity contribution is -0.126. The number of carbonyl (C=O) groups is 1. The third kappa shape index (κ3) is 5.54. The fraction of sp³-hybridized carbons (Fsp3) is 0.300. The van der Waals surface area contributed by atoms with Gasteiger partial charge in [-0.15, -0.1) is 11.3 Å². The molecule has 0 aliphatic carbocycles. The van der Waals surface area contributed by atoms with Gasteiger partial charge in [0, 0.05) is 12.1 Å². The average Bonchev–Trinajstić information content (AvgIpc) is 3.32. The molecule has 0 fully saturated rings. The molecule has 6 heteroatoms. The van der Waals surface area contributed by atoms with Crippen LogP contribution in [-0.2, 0) is 22.6 Å². The average molecular weight is 370 g/mol. The zero-order chi connectivity index (χ0) is 18.2. The summed E-state index contributed by atoms with van der Waals surface area (Å²) in [6, 6.07) is 16.1. The van der Waals surface area contributed by atoms with Crippen LogP contribution in [0, 0.1) is 0 Å². The summed E-state index contributed by atoms with van der Waals surface area (Å²) in [5.41, 5.74) is 1.95. The maximum absolute atomic E-state index is 12.0. The fourth-order valence-electron chi connectivity index (χ4n) is 2.58. The number of rotatable bonds is 9. The first-order valence-corrected chi connectivity index (χ1v) is 9.49. The molecule has 0 saturated heterocycles. The smallest absolute Gasteiger partial charge is 0.246 e. The van der Waals surface area contributed by atoms with Crippen molar-refractivity contribution in [2.24, 2.45) is 0 Å². The summed E-state index contributed by atoms with van der Waals surface area (Å²) >= 11 is 1.59. The van der Waals surface area contributed by atoms with Crippen LogP contribution in [-0.4, -0.2) is 23.7 Å². The lowest BCUT2D eigenvalue weighted by Crippen LogP contribution is -2.35. The first-order chi connectivity index (χ1) is 12.7. The third-order valence-electron chi connectivity index (χ3n) is 3.92. The van der Waals surface area contributed by atoms with Crippen molar-refractivity contribution in [2.75, 3.05) is 6.61 Å². The van der Waals surface area contributed by atoms with Gasteiger partial charge >= 0.3 is 0 Å². The van der Waals surface area contributed by atoms with Gasteiger partial charge in [0.1, 0.15) is 12.3 Å². The Morgan fingerprint density at radius 2 is 2.12 bits per heavy atom. The van der Waals surface area contributed by atoms with E-state index in [9.17, 15) is 4.79 Å². The molecule has 136 valence electrons. The van der Waals surface area contributed by atoms with E-state index < -0.39 is 0 Å². The molecule has 0 saturated carbocycles. The van der Waals surface area contributed by atoms with Crippen LogP contribution in [0.4, 0.5) is 0 Å². The molecule has 3 aromatic rings. The van der Waals surface area contributed by atoms with Crippen molar-refractivity contribution in [1.29, 1.82) is 0 Å². The molecule has 1 amide bonds. The van der Waals surface area contributed by atoms with Gasteiger partial charge in [0.05, 0.1) is 11.5 Å². The molecule has 0 aliphatic rings. The second-order valence-corrected chi connectivity index (χ2v) is 7.09. The van der Waals surface area contributed by atoms with Gasteiger partial charge in [-0.25, -0.2) is 0 Å². The van der Waals surface area contributed by atoms with Crippen LogP contribution >= 0.6 is 11.3 Å². The van der Waals surface area contributed by atoms with Crippen molar-refractivity contribution in [3.8, 4) is 10.6 Å². The predicted octanol–water partition coefficient (Wildman–Crippen LogP) is 4.06. The largest absolute Gasteiger partial charge is 0.365 e. The minimum Gasteiger partial charge on any atom is -0.365 e. The number of ether oxygens (including phenoxy) is 1. The molecular formula is C20H22N2O3S. The van der Waals surface area contributed by atoms with E-state index in [4.69, 9.17) is 9.26 Å². The van der Waals surface area contributed by atoms with Crippen LogP contribution in [0.1, 0.15) is 24.6 Å². The zero-order valence-electron chi connectivity index (χ0n) is 14.7. The van der Waals surface area contributed by atoms with E-state index in [0.29, 0.717) is 5.69 Å². The summed E-state index contributed by atoms with van der Waals surface area (Å²) in [5, 5.41) is 8.91. The number of carbonyl (C=O) groups excluding carboxylic acids is 1. The SMILES string of the molecule is CC(CCc1ccccc1)NC(=O)COCc1cc(-c2cccs2)on1. The second-order valence-electron chi connectivity index (χ2n) is 6.15. The van der Waals surface area contributed by atoms with Crippen LogP contribution in [0.15, 0.2) is 58.4 Å². The molecule has 3 rings (SSSR count). The van der Waals surface area contributed by atoms with E-state index in [1.54, 1.807) is 11.3 Å². The molecule has 26 heavy (non-hydrogen) atoms. The van der Waals surface area contributed by atoms with Crippen molar-refractivity contribution < 1.29 is 14.1 Å². The molecule has 1 unspecified atom stereocenters. The first-order valence-electron chi connectivity index (χ1n) is 8.61. The van der Waals surface area contributed by atoms with E-state index in [0.717, 1.165) is 23.5 Å². The normalized spacial score (nSPS) is 12.0. The number of nitrogens with one attached hydrogen (secondary N) is 1. The van der Waals surface area contributed by atoms with E-state index in [2.05, 4.69) is 22.6 Å². The maximum atomic E-state index is 12.0. The van der Waals surface area contributed by atoms with Gasteiger partial charge in [-0.2, -0.15) is 0 Å². The van der Waals surface area contributed by atoms with Crippen molar-refractivity contribution >= 4 is 17.2 Å². The zero-order valence-corrected chi connectivity index (χ0v) is 15.5. The molecule has 0 radical (unpaired) electrons. The number of thiophene rings is 1. The van der Waals surface area contributed by atoms with Gasteiger partial charge in [0.2, 0.25) is 5.91 Å². The Morgan fingerprint density at radius 3 is 2.88 bits per heavy atom. The standard InChI is InChI=1S/C20H22N2O3S/c1-15(9-10-16-6-3-2-4-7-16)21-20(23)14-24-13-17-12-18(25-22-17)19-8-5-11-26-19/h2-8,11-12,15H,9-10,13-14H2,1H3,(H,21,23). The van der Waals surface area contributed by atoms with Crippen LogP contribution in [0.2, 0.25) is 0 Å². The molecule has 2 aromatic heterocycles. The van der Waals surface area contributed by atoms with Crippen molar-refractivity contribution in [3.05, 3.63) is 65.2 Å². The van der Waals surface area contributed by atoms with E-state index in [-0.39, 0.29) is 25.2 Å². The summed E-state index contributed by atoms with van der Waals surface area (Å²) in [5.74, 6) is 0.602. The van der Waals surface area contributed by atoms with E-state index >= 15 is 0 Å². The van der Waals surface area contributed by atoms with Crippen LogP contribution in [0.25, 0.3) is 10.6 Å². The maximum Gasteiger partial charge on any atom is 0.246 e. The molecule has 2 heterocycles. The number of amides is 1. The van der Waals surface area contributed by atoms with Gasteiger partial charge < -0.3 is 14.6 Å². The van der Waals surface area contributed by atoms with E-state index in [1.807, 2.05) is 48.7 Å². The van der Waals surface area contributed by atoms with Gasteiger partial charge in [0.15, 0.2) is 5.76 Å². The minimum atomic E-state index is -0.118. The van der Waals surface area contributed by atoms with E-state index in [1.165, 1.54) is 5.56 Å². The number of hydrogen-bond acceptors (Lipinski definition) is 5. The minimum absolute atomic E-state index is 0.0108. The third-order valence-corrected chi connectivity index (χ3v) is 4.81. The van der Waals surface area contributed by atoms with Crippen molar-refractivity contribution in [3.63, 3.8) is 0 Å². The monoisotopic (exact) mass is 370 g/mol. The summed E-state index contributed by atoms with van der Waals surface area (Å²) < 4.78 is 10.7. The Kier molecular flexibility index (Phi) is 6.57. The predicted molar refractivity (Wildman–Crippen MR) is 102 cm³/mol. The molecule has 5 nitrogen and oxygen atoms in total. The summed E-state index contributed by atoms with van der Waals surface area (Å²) in [6.07, 6.45) is 1.83. The Morgan fingerprint density at radius 1 is 1.27 bits per heavy atom. The molecule has 0 spiro atoms. The Balaban J connectivity index is 1.35. The number of benzene rings is 1. The van der Waals surface area contributed by atoms with Crippen LogP contribution < -0.4 is 5.32 Å². The highest BCUT2D eigenvalue weighted by Crippen LogP contribution is 2.25. The topological polar surface area (TPSA) is 64.4 Å². The van der Waals surface area contributed by atoms with Gasteiger partial charge in [-0.3, -0.25) is 4.79 Å². The van der Waals surface area contributed by atoms with Gasteiger partial charge in [0.25, 0.3) is 0 Å².